The van der Waals surface area contributed by atoms with Crippen LogP contribution in [0.1, 0.15) is 43.1 Å². The summed E-state index contributed by atoms with van der Waals surface area (Å²) < 4.78 is 11.3. The second-order valence-electron chi connectivity index (χ2n) is 6.41. The molecule has 21 heavy (non-hydrogen) atoms. The van der Waals surface area contributed by atoms with Crippen LogP contribution in [0.4, 0.5) is 0 Å². The molecule has 0 spiro atoms. The van der Waals surface area contributed by atoms with Crippen LogP contribution >= 0.6 is 0 Å². The SMILES string of the molecule is Cc1cc(-c2nnc(CNC3CCCC4CC43)o2)c(C)o1. The van der Waals surface area contributed by atoms with Crippen molar-refractivity contribution in [3.63, 3.8) is 0 Å². The average Bonchev–Trinajstić information content (AvgIpc) is 2.99. The molecule has 0 amide bonds. The van der Waals surface area contributed by atoms with Gasteiger partial charge >= 0.3 is 0 Å². The van der Waals surface area contributed by atoms with Gasteiger partial charge in [-0.3, -0.25) is 0 Å². The van der Waals surface area contributed by atoms with Gasteiger partial charge < -0.3 is 14.2 Å². The highest BCUT2D eigenvalue weighted by molar-refractivity contribution is 5.55. The van der Waals surface area contributed by atoms with E-state index in [0.29, 0.717) is 24.4 Å². The fourth-order valence-corrected chi connectivity index (χ4v) is 3.66. The summed E-state index contributed by atoms with van der Waals surface area (Å²) in [6, 6.07) is 2.58. The molecule has 0 aromatic carbocycles. The summed E-state index contributed by atoms with van der Waals surface area (Å²) in [5.74, 6) is 4.76. The summed E-state index contributed by atoms with van der Waals surface area (Å²) in [5.41, 5.74) is 0.895. The Morgan fingerprint density at radius 1 is 1.24 bits per heavy atom. The Hall–Kier alpha value is -1.62. The van der Waals surface area contributed by atoms with Crippen molar-refractivity contribution in [2.24, 2.45) is 11.8 Å². The number of nitrogens with zero attached hydrogens (tertiary/aromatic N) is 2. The van der Waals surface area contributed by atoms with E-state index < -0.39 is 0 Å². The van der Waals surface area contributed by atoms with Gasteiger partial charge in [-0.05, 0) is 44.6 Å². The van der Waals surface area contributed by atoms with E-state index in [4.69, 9.17) is 8.83 Å². The molecule has 2 aromatic heterocycles. The van der Waals surface area contributed by atoms with E-state index in [1.165, 1.54) is 25.7 Å². The molecule has 4 rings (SSSR count). The maximum Gasteiger partial charge on any atom is 0.251 e. The molecule has 5 nitrogen and oxygen atoms in total. The van der Waals surface area contributed by atoms with E-state index in [1.54, 1.807) is 0 Å². The number of rotatable bonds is 4. The topological polar surface area (TPSA) is 64.1 Å². The molecule has 2 heterocycles. The smallest absolute Gasteiger partial charge is 0.251 e. The van der Waals surface area contributed by atoms with E-state index in [-0.39, 0.29) is 0 Å². The number of aromatic nitrogens is 2. The van der Waals surface area contributed by atoms with E-state index in [1.807, 2.05) is 19.9 Å². The maximum absolute atomic E-state index is 5.76. The van der Waals surface area contributed by atoms with Crippen LogP contribution in [0.2, 0.25) is 0 Å². The molecule has 3 unspecified atom stereocenters. The zero-order valence-corrected chi connectivity index (χ0v) is 12.6. The number of furan rings is 1. The van der Waals surface area contributed by atoms with Crippen molar-refractivity contribution in [3.8, 4) is 11.5 Å². The van der Waals surface area contributed by atoms with Gasteiger partial charge in [0, 0.05) is 6.04 Å². The molecule has 0 bridgehead atoms. The van der Waals surface area contributed by atoms with Crippen LogP contribution in [0.25, 0.3) is 11.5 Å². The van der Waals surface area contributed by atoms with Crippen LogP contribution < -0.4 is 5.32 Å². The predicted molar refractivity (Wildman–Crippen MR) is 77.5 cm³/mol. The van der Waals surface area contributed by atoms with Crippen molar-refractivity contribution >= 4 is 0 Å². The normalized spacial score (nSPS) is 27.6. The van der Waals surface area contributed by atoms with Crippen molar-refractivity contribution in [3.05, 3.63) is 23.5 Å². The third-order valence-electron chi connectivity index (χ3n) is 4.84. The lowest BCUT2D eigenvalue weighted by Gasteiger charge is -2.21. The lowest BCUT2D eigenvalue weighted by Crippen LogP contribution is -2.33. The molecule has 2 fully saturated rings. The Kier molecular flexibility index (Phi) is 3.10. The van der Waals surface area contributed by atoms with Gasteiger partial charge in [0.05, 0.1) is 12.1 Å². The Morgan fingerprint density at radius 2 is 2.14 bits per heavy atom. The average molecular weight is 287 g/mol. The molecular formula is C16H21N3O2. The molecule has 112 valence electrons. The van der Waals surface area contributed by atoms with Crippen molar-refractivity contribution in [2.45, 2.75) is 52.1 Å². The van der Waals surface area contributed by atoms with Crippen LogP contribution in [-0.4, -0.2) is 16.2 Å². The monoisotopic (exact) mass is 287 g/mol. The Labute approximate surface area is 124 Å². The summed E-state index contributed by atoms with van der Waals surface area (Å²) in [5, 5.41) is 11.9. The summed E-state index contributed by atoms with van der Waals surface area (Å²) in [4.78, 5) is 0. The van der Waals surface area contributed by atoms with Gasteiger partial charge in [-0.1, -0.05) is 12.8 Å². The first-order chi connectivity index (χ1) is 10.2. The van der Waals surface area contributed by atoms with Gasteiger partial charge in [0.2, 0.25) is 5.89 Å². The molecular weight excluding hydrogens is 266 g/mol. The molecule has 2 aliphatic carbocycles. The Balaban J connectivity index is 1.41. The van der Waals surface area contributed by atoms with Crippen LogP contribution in [0.3, 0.4) is 0 Å². The molecule has 5 heteroatoms. The van der Waals surface area contributed by atoms with E-state index in [9.17, 15) is 0 Å². The predicted octanol–water partition coefficient (Wildman–Crippen LogP) is 3.22. The van der Waals surface area contributed by atoms with Crippen LogP contribution in [0.15, 0.2) is 14.9 Å². The van der Waals surface area contributed by atoms with Crippen molar-refractivity contribution in [1.82, 2.24) is 15.5 Å². The standard InChI is InChI=1S/C16H21N3O2/c1-9-6-12(10(2)20-9)16-19-18-15(21-16)8-17-14-5-3-4-11-7-13(11)14/h6,11,13-14,17H,3-5,7-8H2,1-2H3. The number of hydrogen-bond acceptors (Lipinski definition) is 5. The zero-order chi connectivity index (χ0) is 14.4. The van der Waals surface area contributed by atoms with Gasteiger partial charge in [-0.25, -0.2) is 0 Å². The van der Waals surface area contributed by atoms with Gasteiger partial charge in [-0.2, -0.15) is 0 Å². The van der Waals surface area contributed by atoms with Crippen LogP contribution in [0, 0.1) is 25.7 Å². The fourth-order valence-electron chi connectivity index (χ4n) is 3.66. The molecule has 3 atom stereocenters. The van der Waals surface area contributed by atoms with Crippen LogP contribution in [-0.2, 0) is 6.54 Å². The van der Waals surface area contributed by atoms with Gasteiger partial charge in [0.15, 0.2) is 0 Å². The minimum Gasteiger partial charge on any atom is -0.466 e. The Bertz CT molecular complexity index is 646. The fraction of sp³-hybridized carbons (Fsp3) is 0.625. The first kappa shape index (κ1) is 13.1. The number of aryl methyl sites for hydroxylation is 2. The molecule has 2 saturated carbocycles. The molecule has 0 radical (unpaired) electrons. The lowest BCUT2D eigenvalue weighted by atomic mass is 9.95. The highest BCUT2D eigenvalue weighted by Crippen LogP contribution is 2.49. The first-order valence-electron chi connectivity index (χ1n) is 7.84. The molecule has 2 aromatic rings. The van der Waals surface area contributed by atoms with E-state index >= 15 is 0 Å². The maximum atomic E-state index is 5.76. The lowest BCUT2D eigenvalue weighted by molar-refractivity contribution is 0.337. The second kappa shape index (κ2) is 4.98. The molecule has 0 saturated heterocycles. The number of fused-ring (bicyclic) bond motifs is 1. The summed E-state index contributed by atoms with van der Waals surface area (Å²) in [6.45, 7) is 4.50. The van der Waals surface area contributed by atoms with Crippen molar-refractivity contribution in [2.75, 3.05) is 0 Å². The van der Waals surface area contributed by atoms with Crippen LogP contribution in [0.5, 0.6) is 0 Å². The molecule has 2 aliphatic rings. The third kappa shape index (κ3) is 2.50. The summed E-state index contributed by atoms with van der Waals surface area (Å²) in [6.07, 6.45) is 5.45. The van der Waals surface area contributed by atoms with Crippen molar-refractivity contribution in [1.29, 1.82) is 0 Å². The Morgan fingerprint density at radius 3 is 2.95 bits per heavy atom. The number of hydrogen-bond donors (Lipinski definition) is 1. The van der Waals surface area contributed by atoms with Gasteiger partial charge in [0.25, 0.3) is 5.89 Å². The number of nitrogens with one attached hydrogen (secondary N) is 1. The largest absolute Gasteiger partial charge is 0.466 e. The van der Waals surface area contributed by atoms with E-state index in [0.717, 1.165) is 28.9 Å². The highest BCUT2D eigenvalue weighted by atomic mass is 16.4. The quantitative estimate of drug-likeness (QED) is 0.935. The van der Waals surface area contributed by atoms with E-state index in [2.05, 4.69) is 15.5 Å². The van der Waals surface area contributed by atoms with Crippen molar-refractivity contribution < 1.29 is 8.83 Å². The zero-order valence-electron chi connectivity index (χ0n) is 12.6. The summed E-state index contributed by atoms with van der Waals surface area (Å²) in [7, 11) is 0. The minimum atomic E-state index is 0.550. The van der Waals surface area contributed by atoms with Gasteiger partial charge in [0.1, 0.15) is 11.5 Å². The first-order valence-corrected chi connectivity index (χ1v) is 7.84. The minimum absolute atomic E-state index is 0.550. The highest BCUT2D eigenvalue weighted by Gasteiger charge is 2.44. The second-order valence-corrected chi connectivity index (χ2v) is 6.41. The molecule has 0 aliphatic heterocycles. The summed E-state index contributed by atoms with van der Waals surface area (Å²) >= 11 is 0. The third-order valence-corrected chi connectivity index (χ3v) is 4.84. The molecule has 1 N–H and O–H groups in total. The van der Waals surface area contributed by atoms with Gasteiger partial charge in [-0.15, -0.1) is 10.2 Å².